The predicted molar refractivity (Wildman–Crippen MR) is 106 cm³/mol. The normalized spacial score (nSPS) is 10.9. The average Bonchev–Trinajstić information content (AvgIpc) is 3.18. The highest BCUT2D eigenvalue weighted by Crippen LogP contribution is 2.08. The number of nitrogens with zero attached hydrogens (tertiary/aromatic N) is 3. The molecule has 148 valence electrons. The number of benzene rings is 2. The lowest BCUT2D eigenvalue weighted by Crippen LogP contribution is -2.05. The third kappa shape index (κ3) is 6.49. The summed E-state index contributed by atoms with van der Waals surface area (Å²) in [5.74, 6) is -1.02. The molecule has 0 aliphatic carbocycles. The summed E-state index contributed by atoms with van der Waals surface area (Å²) in [4.78, 5) is 23.7. The second kappa shape index (κ2) is 10.1. The minimum atomic E-state index is -0.517. The van der Waals surface area contributed by atoms with Crippen molar-refractivity contribution in [3.05, 3.63) is 89.5 Å². The zero-order chi connectivity index (χ0) is 20.5. The first kappa shape index (κ1) is 20.1. The molecule has 0 aliphatic heterocycles. The number of halogens is 1. The molecule has 0 fully saturated rings. The van der Waals surface area contributed by atoms with E-state index in [1.807, 2.05) is 30.3 Å². The van der Waals surface area contributed by atoms with Crippen LogP contribution in [0.5, 0.6) is 0 Å². The van der Waals surface area contributed by atoms with Gasteiger partial charge in [0.25, 0.3) is 0 Å². The van der Waals surface area contributed by atoms with Gasteiger partial charge < -0.3 is 4.74 Å². The number of carbonyl (C=O) groups is 2. The first-order chi connectivity index (χ1) is 14.1. The van der Waals surface area contributed by atoms with Gasteiger partial charge in [0.05, 0.1) is 19.3 Å². The first-order valence-corrected chi connectivity index (χ1v) is 9.18. The molecule has 0 radical (unpaired) electrons. The third-order valence-corrected chi connectivity index (χ3v) is 4.09. The Balaban J connectivity index is 1.38. The van der Waals surface area contributed by atoms with E-state index in [0.29, 0.717) is 24.2 Å². The van der Waals surface area contributed by atoms with Crippen LogP contribution in [0.25, 0.3) is 6.08 Å². The van der Waals surface area contributed by atoms with Crippen LogP contribution in [0.1, 0.15) is 34.5 Å². The smallest absolute Gasteiger partial charge is 0.330 e. The van der Waals surface area contributed by atoms with Gasteiger partial charge in [-0.15, -0.1) is 5.10 Å². The Kier molecular flexibility index (Phi) is 7.00. The van der Waals surface area contributed by atoms with Crippen molar-refractivity contribution in [1.82, 2.24) is 15.0 Å². The summed E-state index contributed by atoms with van der Waals surface area (Å²) in [5, 5.41) is 8.01. The number of esters is 1. The largest absolute Gasteiger partial charge is 0.463 e. The molecule has 0 N–H and O–H groups in total. The van der Waals surface area contributed by atoms with E-state index in [4.69, 9.17) is 4.74 Å². The van der Waals surface area contributed by atoms with Crippen molar-refractivity contribution in [2.45, 2.75) is 19.4 Å². The fourth-order valence-corrected chi connectivity index (χ4v) is 2.62. The minimum absolute atomic E-state index is 0.119. The van der Waals surface area contributed by atoms with Crippen LogP contribution in [-0.2, 0) is 16.1 Å². The summed E-state index contributed by atoms with van der Waals surface area (Å²) in [6, 6.07) is 15.2. The third-order valence-electron chi connectivity index (χ3n) is 4.09. The number of rotatable bonds is 9. The van der Waals surface area contributed by atoms with E-state index in [1.54, 1.807) is 10.9 Å². The molecule has 3 rings (SSSR count). The van der Waals surface area contributed by atoms with E-state index in [-0.39, 0.29) is 24.6 Å². The molecule has 0 bridgehead atoms. The lowest BCUT2D eigenvalue weighted by molar-refractivity contribution is -0.137. The Morgan fingerprint density at radius 1 is 1.07 bits per heavy atom. The van der Waals surface area contributed by atoms with Crippen molar-refractivity contribution in [1.29, 1.82) is 0 Å². The second-order valence-electron chi connectivity index (χ2n) is 6.36. The van der Waals surface area contributed by atoms with Crippen molar-refractivity contribution in [3.63, 3.8) is 0 Å². The number of ether oxygens (including phenoxy) is 1. The Morgan fingerprint density at radius 3 is 2.59 bits per heavy atom. The zero-order valence-electron chi connectivity index (χ0n) is 15.7. The molecule has 0 saturated carbocycles. The molecule has 0 atom stereocenters. The summed E-state index contributed by atoms with van der Waals surface area (Å²) < 4.78 is 19.6. The molecule has 2 aromatic carbocycles. The molecule has 1 aromatic heterocycles. The van der Waals surface area contributed by atoms with Crippen molar-refractivity contribution >= 4 is 17.8 Å². The molecule has 0 aliphatic rings. The Labute approximate surface area is 167 Å². The molecule has 1 heterocycles. The zero-order valence-corrected chi connectivity index (χ0v) is 15.7. The van der Waals surface area contributed by atoms with E-state index in [2.05, 4.69) is 10.3 Å². The number of ketones is 1. The molecule has 0 amide bonds. The topological polar surface area (TPSA) is 74.1 Å². The van der Waals surface area contributed by atoms with E-state index >= 15 is 0 Å². The maximum Gasteiger partial charge on any atom is 0.330 e. The van der Waals surface area contributed by atoms with Crippen LogP contribution in [0, 0.1) is 5.82 Å². The highest BCUT2D eigenvalue weighted by atomic mass is 19.1. The van der Waals surface area contributed by atoms with Gasteiger partial charge in [-0.25, -0.2) is 13.9 Å². The summed E-state index contributed by atoms with van der Waals surface area (Å²) in [7, 11) is 0. The van der Waals surface area contributed by atoms with Crippen LogP contribution in [0.3, 0.4) is 0 Å². The van der Waals surface area contributed by atoms with E-state index < -0.39 is 5.97 Å². The lowest BCUT2D eigenvalue weighted by Gasteiger charge is -2.02. The first-order valence-electron chi connectivity index (χ1n) is 9.18. The van der Waals surface area contributed by atoms with E-state index in [1.165, 1.54) is 36.4 Å². The van der Waals surface area contributed by atoms with Crippen LogP contribution in [0.4, 0.5) is 4.39 Å². The van der Waals surface area contributed by atoms with Crippen molar-refractivity contribution in [3.8, 4) is 0 Å². The fourth-order valence-electron chi connectivity index (χ4n) is 2.62. The summed E-state index contributed by atoms with van der Waals surface area (Å²) >= 11 is 0. The molecular formula is C22H20FN3O3. The standard InChI is InChI=1S/C22H20FN3O3/c23-19-10-8-18(9-11-19)21(27)7-4-14-29-22(28)13-12-20-16-26(25-24-20)15-17-5-2-1-3-6-17/h1-3,5-6,8-13,16H,4,7,14-15H2/b13-12+. The lowest BCUT2D eigenvalue weighted by atomic mass is 10.1. The molecule has 0 unspecified atom stereocenters. The van der Waals surface area contributed by atoms with Gasteiger partial charge in [-0.1, -0.05) is 35.5 Å². The van der Waals surface area contributed by atoms with Crippen molar-refractivity contribution < 1.29 is 18.7 Å². The second-order valence-corrected chi connectivity index (χ2v) is 6.36. The summed E-state index contributed by atoms with van der Waals surface area (Å²) in [6.07, 6.45) is 5.15. The quantitative estimate of drug-likeness (QED) is 0.240. The summed E-state index contributed by atoms with van der Waals surface area (Å²) in [5.41, 5.74) is 2.09. The van der Waals surface area contributed by atoms with Crippen LogP contribution in [-0.4, -0.2) is 33.4 Å². The molecule has 7 heteroatoms. The van der Waals surface area contributed by atoms with Crippen LogP contribution < -0.4 is 0 Å². The molecule has 6 nitrogen and oxygen atoms in total. The number of carbonyl (C=O) groups excluding carboxylic acids is 2. The predicted octanol–water partition coefficient (Wildman–Crippen LogP) is 3.69. The van der Waals surface area contributed by atoms with Gasteiger partial charge in [0.2, 0.25) is 0 Å². The monoisotopic (exact) mass is 393 g/mol. The summed E-state index contributed by atoms with van der Waals surface area (Å²) in [6.45, 7) is 0.713. The molecular weight excluding hydrogens is 373 g/mol. The molecule has 0 saturated heterocycles. The van der Waals surface area contributed by atoms with E-state index in [0.717, 1.165) is 5.56 Å². The maximum absolute atomic E-state index is 12.9. The van der Waals surface area contributed by atoms with Gasteiger partial charge in [-0.3, -0.25) is 4.79 Å². The minimum Gasteiger partial charge on any atom is -0.463 e. The Morgan fingerprint density at radius 2 is 1.83 bits per heavy atom. The number of aromatic nitrogens is 3. The van der Waals surface area contributed by atoms with Crippen LogP contribution >= 0.6 is 0 Å². The SMILES string of the molecule is O=C(/C=C/c1cn(Cc2ccccc2)nn1)OCCCC(=O)c1ccc(F)cc1. The van der Waals surface area contributed by atoms with Gasteiger partial charge in [0.1, 0.15) is 11.5 Å². The number of hydrogen-bond acceptors (Lipinski definition) is 5. The Hall–Kier alpha value is -3.61. The van der Waals surface area contributed by atoms with Crippen LogP contribution in [0.15, 0.2) is 66.9 Å². The Bertz CT molecular complexity index is 982. The van der Waals surface area contributed by atoms with Crippen molar-refractivity contribution in [2.75, 3.05) is 6.61 Å². The van der Waals surface area contributed by atoms with E-state index in [9.17, 15) is 14.0 Å². The van der Waals surface area contributed by atoms with Gasteiger partial charge in [-0.2, -0.15) is 0 Å². The van der Waals surface area contributed by atoms with Crippen LogP contribution in [0.2, 0.25) is 0 Å². The molecule has 0 spiro atoms. The van der Waals surface area contributed by atoms with Crippen molar-refractivity contribution in [2.24, 2.45) is 0 Å². The fraction of sp³-hybridized carbons (Fsp3) is 0.182. The number of Topliss-reactive ketones (excluding diaryl/α,β-unsaturated/α-hetero) is 1. The molecule has 29 heavy (non-hydrogen) atoms. The average molecular weight is 393 g/mol. The highest BCUT2D eigenvalue weighted by molar-refractivity contribution is 5.96. The number of hydrogen-bond donors (Lipinski definition) is 0. The van der Waals surface area contributed by atoms with Gasteiger partial charge >= 0.3 is 5.97 Å². The molecule has 3 aromatic rings. The highest BCUT2D eigenvalue weighted by Gasteiger charge is 2.07. The maximum atomic E-state index is 12.9. The van der Waals surface area contributed by atoms with Gasteiger partial charge in [0, 0.05) is 18.1 Å². The van der Waals surface area contributed by atoms with Gasteiger partial charge in [-0.05, 0) is 42.3 Å². The van der Waals surface area contributed by atoms with Gasteiger partial charge in [0.15, 0.2) is 5.78 Å².